The Balaban J connectivity index is 1.52. The molecule has 34 heavy (non-hydrogen) atoms. The van der Waals surface area contributed by atoms with E-state index in [1.54, 1.807) is 23.8 Å². The lowest BCUT2D eigenvalue weighted by Gasteiger charge is -2.39. The molecular weight excluding hydrogens is 454 g/mol. The fraction of sp³-hybridized carbons (Fsp3) is 0.280. The zero-order valence-corrected chi connectivity index (χ0v) is 19.7. The molecule has 0 saturated carbocycles. The number of nitrogens with zero attached hydrogens (tertiary/aromatic N) is 2. The average Bonchev–Trinajstić information content (AvgIpc) is 2.86. The van der Waals surface area contributed by atoms with E-state index in [0.29, 0.717) is 31.1 Å². The standard InChI is InChI=1S/C25H27N3O5S/c1-19-5-7-21(8-6-19)33-22-9-11-23(12-10-22)34(31,32)25(24(29)27-30)13-16-28(17-14-25)18-20-4-2-3-15-26-20/h2-12,15,30H,13-14,16-18H2,1H3,(H,27,29). The summed E-state index contributed by atoms with van der Waals surface area (Å²) in [4.78, 5) is 19.1. The molecule has 0 spiro atoms. The summed E-state index contributed by atoms with van der Waals surface area (Å²) < 4.78 is 31.3. The highest BCUT2D eigenvalue weighted by Gasteiger charge is 2.52. The molecule has 0 atom stereocenters. The van der Waals surface area contributed by atoms with Gasteiger partial charge in [-0.3, -0.25) is 19.9 Å². The Labute approximate surface area is 199 Å². The van der Waals surface area contributed by atoms with E-state index in [4.69, 9.17) is 4.74 Å². The molecule has 4 rings (SSSR count). The van der Waals surface area contributed by atoms with Crippen molar-refractivity contribution in [1.29, 1.82) is 0 Å². The van der Waals surface area contributed by atoms with E-state index in [2.05, 4.69) is 9.88 Å². The third-order valence-electron chi connectivity index (χ3n) is 6.20. The number of aryl methyl sites for hydroxylation is 1. The van der Waals surface area contributed by atoms with Crippen molar-refractivity contribution < 1.29 is 23.2 Å². The number of piperidine rings is 1. The first-order valence-corrected chi connectivity index (χ1v) is 12.5. The largest absolute Gasteiger partial charge is 0.457 e. The van der Waals surface area contributed by atoms with Crippen LogP contribution in [0.25, 0.3) is 0 Å². The molecule has 2 heterocycles. The highest BCUT2D eigenvalue weighted by molar-refractivity contribution is 7.93. The van der Waals surface area contributed by atoms with E-state index in [0.717, 1.165) is 11.3 Å². The summed E-state index contributed by atoms with van der Waals surface area (Å²) in [5, 5.41) is 9.38. The first-order chi connectivity index (χ1) is 16.3. The molecule has 0 radical (unpaired) electrons. The molecule has 8 nitrogen and oxygen atoms in total. The predicted molar refractivity (Wildman–Crippen MR) is 126 cm³/mol. The van der Waals surface area contributed by atoms with Gasteiger partial charge in [-0.2, -0.15) is 0 Å². The minimum atomic E-state index is -4.10. The van der Waals surface area contributed by atoms with Crippen molar-refractivity contribution in [1.82, 2.24) is 15.4 Å². The summed E-state index contributed by atoms with van der Waals surface area (Å²) in [6.07, 6.45) is 1.81. The zero-order chi connectivity index (χ0) is 24.2. The maximum atomic E-state index is 13.6. The maximum absolute atomic E-state index is 13.6. The molecule has 1 amide bonds. The average molecular weight is 482 g/mol. The number of nitrogens with one attached hydrogen (secondary N) is 1. The lowest BCUT2D eigenvalue weighted by molar-refractivity contribution is -0.133. The van der Waals surface area contributed by atoms with Gasteiger partial charge in [0.05, 0.1) is 10.6 Å². The monoisotopic (exact) mass is 481 g/mol. The van der Waals surface area contributed by atoms with E-state index in [1.165, 1.54) is 12.1 Å². The molecule has 0 aliphatic carbocycles. The van der Waals surface area contributed by atoms with Crippen molar-refractivity contribution in [2.24, 2.45) is 0 Å². The van der Waals surface area contributed by atoms with Gasteiger partial charge in [0, 0.05) is 25.8 Å². The quantitative estimate of drug-likeness (QED) is 0.393. The van der Waals surface area contributed by atoms with Gasteiger partial charge in [0.2, 0.25) is 0 Å². The molecule has 1 saturated heterocycles. The second kappa shape index (κ2) is 9.92. The number of carbonyl (C=O) groups is 1. The van der Waals surface area contributed by atoms with Crippen molar-refractivity contribution in [3.8, 4) is 11.5 Å². The Morgan fingerprint density at radius 3 is 2.21 bits per heavy atom. The Bertz CT molecular complexity index is 1220. The number of benzene rings is 2. The number of pyridine rings is 1. The first kappa shape index (κ1) is 23.9. The third kappa shape index (κ3) is 4.82. The summed E-state index contributed by atoms with van der Waals surface area (Å²) in [6, 6.07) is 19.1. The fourth-order valence-electron chi connectivity index (χ4n) is 4.17. The van der Waals surface area contributed by atoms with Crippen molar-refractivity contribution in [3.05, 3.63) is 84.2 Å². The highest BCUT2D eigenvalue weighted by Crippen LogP contribution is 2.37. The number of sulfone groups is 1. The van der Waals surface area contributed by atoms with Crippen LogP contribution in [-0.2, 0) is 21.2 Å². The summed E-state index contributed by atoms with van der Waals surface area (Å²) in [7, 11) is -4.10. The Morgan fingerprint density at radius 2 is 1.65 bits per heavy atom. The molecule has 9 heteroatoms. The van der Waals surface area contributed by atoms with Crippen LogP contribution in [0.1, 0.15) is 24.1 Å². The fourth-order valence-corrected chi connectivity index (χ4v) is 6.12. The van der Waals surface area contributed by atoms with Gasteiger partial charge in [-0.25, -0.2) is 13.9 Å². The van der Waals surface area contributed by atoms with Crippen molar-refractivity contribution >= 4 is 15.7 Å². The van der Waals surface area contributed by atoms with Gasteiger partial charge in [-0.15, -0.1) is 0 Å². The van der Waals surface area contributed by atoms with Gasteiger partial charge in [0.25, 0.3) is 5.91 Å². The van der Waals surface area contributed by atoms with Gasteiger partial charge in [0.15, 0.2) is 14.6 Å². The van der Waals surface area contributed by atoms with E-state index in [-0.39, 0.29) is 17.7 Å². The molecule has 178 valence electrons. The van der Waals surface area contributed by atoms with E-state index in [9.17, 15) is 18.4 Å². The Kier molecular flexibility index (Phi) is 6.97. The van der Waals surface area contributed by atoms with Crippen molar-refractivity contribution in [2.45, 2.75) is 36.0 Å². The molecule has 1 aliphatic rings. The van der Waals surface area contributed by atoms with E-state index >= 15 is 0 Å². The normalized spacial score (nSPS) is 16.1. The lowest BCUT2D eigenvalue weighted by Crippen LogP contribution is -2.57. The molecule has 1 aromatic heterocycles. The minimum absolute atomic E-state index is 0.00512. The lowest BCUT2D eigenvalue weighted by atomic mass is 9.94. The van der Waals surface area contributed by atoms with Crippen LogP contribution in [0.5, 0.6) is 11.5 Å². The number of hydroxylamine groups is 1. The molecule has 1 fully saturated rings. The second-order valence-electron chi connectivity index (χ2n) is 8.42. The van der Waals surface area contributed by atoms with Crippen LogP contribution in [0, 0.1) is 6.92 Å². The topological polar surface area (TPSA) is 109 Å². The number of ether oxygens (including phenoxy) is 1. The zero-order valence-electron chi connectivity index (χ0n) is 18.8. The van der Waals surface area contributed by atoms with Crippen LogP contribution in [-0.4, -0.2) is 47.3 Å². The number of aromatic nitrogens is 1. The molecule has 0 unspecified atom stereocenters. The second-order valence-corrected chi connectivity index (χ2v) is 10.7. The van der Waals surface area contributed by atoms with Gasteiger partial charge in [-0.1, -0.05) is 23.8 Å². The van der Waals surface area contributed by atoms with Gasteiger partial charge in [-0.05, 0) is 68.3 Å². The first-order valence-electron chi connectivity index (χ1n) is 11.0. The smallest absolute Gasteiger partial charge is 0.265 e. The predicted octanol–water partition coefficient (Wildman–Crippen LogP) is 3.50. The number of hydrogen-bond donors (Lipinski definition) is 2. The number of likely N-dealkylation sites (tertiary alicyclic amines) is 1. The molecule has 3 aromatic rings. The minimum Gasteiger partial charge on any atom is -0.457 e. The van der Waals surface area contributed by atoms with Crippen LogP contribution in [0.3, 0.4) is 0 Å². The summed E-state index contributed by atoms with van der Waals surface area (Å²) in [5.41, 5.74) is 3.56. The van der Waals surface area contributed by atoms with Crippen LogP contribution in [0.15, 0.2) is 77.8 Å². The SMILES string of the molecule is Cc1ccc(Oc2ccc(S(=O)(=O)C3(C(=O)NO)CCN(Cc4ccccn4)CC3)cc2)cc1. The number of rotatable bonds is 7. The molecule has 0 bridgehead atoms. The van der Waals surface area contributed by atoms with Crippen molar-refractivity contribution in [3.63, 3.8) is 0 Å². The summed E-state index contributed by atoms with van der Waals surface area (Å²) in [5.74, 6) is 0.205. The van der Waals surface area contributed by atoms with Crippen LogP contribution >= 0.6 is 0 Å². The summed E-state index contributed by atoms with van der Waals surface area (Å²) in [6.45, 7) is 3.28. The Hall–Kier alpha value is -3.27. The van der Waals surface area contributed by atoms with Crippen LogP contribution in [0.2, 0.25) is 0 Å². The molecule has 2 aromatic carbocycles. The van der Waals surface area contributed by atoms with Gasteiger partial charge >= 0.3 is 0 Å². The molecule has 1 aliphatic heterocycles. The number of carbonyl (C=O) groups excluding carboxylic acids is 1. The number of amides is 1. The summed E-state index contributed by atoms with van der Waals surface area (Å²) >= 11 is 0. The molecular formula is C25H27N3O5S. The maximum Gasteiger partial charge on any atom is 0.265 e. The molecule has 2 N–H and O–H groups in total. The van der Waals surface area contributed by atoms with Gasteiger partial charge in [0.1, 0.15) is 11.5 Å². The number of hydrogen-bond acceptors (Lipinski definition) is 7. The third-order valence-corrected chi connectivity index (χ3v) is 8.71. The van der Waals surface area contributed by atoms with E-state index in [1.807, 2.05) is 49.4 Å². The van der Waals surface area contributed by atoms with Crippen molar-refractivity contribution in [2.75, 3.05) is 13.1 Å². The van der Waals surface area contributed by atoms with Crippen LogP contribution in [0.4, 0.5) is 0 Å². The van der Waals surface area contributed by atoms with E-state index < -0.39 is 20.5 Å². The van der Waals surface area contributed by atoms with Crippen LogP contribution < -0.4 is 10.2 Å². The Morgan fingerprint density at radius 1 is 1.03 bits per heavy atom. The van der Waals surface area contributed by atoms with Gasteiger partial charge < -0.3 is 4.74 Å². The highest BCUT2D eigenvalue weighted by atomic mass is 32.2.